The molecular formula is C20H21ClN2O2. The van der Waals surface area contributed by atoms with Crippen LogP contribution in [0.25, 0.3) is 10.9 Å². The fourth-order valence-corrected chi connectivity index (χ4v) is 3.04. The first-order valence-electron chi connectivity index (χ1n) is 8.26. The summed E-state index contributed by atoms with van der Waals surface area (Å²) in [5, 5.41) is 1.19. The summed E-state index contributed by atoms with van der Waals surface area (Å²) < 4.78 is 5.20. The first-order chi connectivity index (χ1) is 12.1. The molecule has 0 radical (unpaired) electrons. The zero-order valence-electron chi connectivity index (χ0n) is 14.4. The molecule has 0 aliphatic rings. The number of halogens is 1. The van der Waals surface area contributed by atoms with Gasteiger partial charge >= 0.3 is 0 Å². The van der Waals surface area contributed by atoms with Gasteiger partial charge in [0.25, 0.3) is 0 Å². The molecule has 0 spiro atoms. The summed E-state index contributed by atoms with van der Waals surface area (Å²) in [6, 6.07) is 15.1. The number of pyridine rings is 1. The van der Waals surface area contributed by atoms with Crippen LogP contribution in [0.3, 0.4) is 0 Å². The van der Waals surface area contributed by atoms with Crippen molar-refractivity contribution in [2.75, 3.05) is 13.7 Å². The van der Waals surface area contributed by atoms with Crippen molar-refractivity contribution in [3.63, 3.8) is 0 Å². The molecular weight excluding hydrogens is 336 g/mol. The summed E-state index contributed by atoms with van der Waals surface area (Å²) >= 11 is 5.98. The third kappa shape index (κ3) is 4.21. The lowest BCUT2D eigenvalue weighted by atomic mass is 10.1. The lowest BCUT2D eigenvalue weighted by Crippen LogP contribution is -2.23. The van der Waals surface area contributed by atoms with E-state index in [2.05, 4.69) is 28.9 Å². The van der Waals surface area contributed by atoms with E-state index >= 15 is 0 Å². The van der Waals surface area contributed by atoms with Gasteiger partial charge in [-0.15, -0.1) is 0 Å². The topological polar surface area (TPSA) is 45.3 Å². The van der Waals surface area contributed by atoms with Crippen LogP contribution in [0.4, 0.5) is 0 Å². The van der Waals surface area contributed by atoms with Crippen molar-refractivity contribution in [2.24, 2.45) is 0 Å². The number of hydrogen-bond acceptors (Lipinski definition) is 3. The van der Waals surface area contributed by atoms with Gasteiger partial charge in [0, 0.05) is 40.8 Å². The van der Waals surface area contributed by atoms with Crippen LogP contribution >= 0.6 is 11.6 Å². The van der Waals surface area contributed by atoms with Crippen molar-refractivity contribution >= 4 is 22.5 Å². The van der Waals surface area contributed by atoms with Crippen molar-refractivity contribution in [3.8, 4) is 5.75 Å². The zero-order valence-corrected chi connectivity index (χ0v) is 15.1. The van der Waals surface area contributed by atoms with E-state index in [1.165, 1.54) is 5.56 Å². The van der Waals surface area contributed by atoms with Crippen molar-refractivity contribution in [3.05, 3.63) is 75.0 Å². The van der Waals surface area contributed by atoms with Crippen LogP contribution in [0.15, 0.2) is 53.3 Å². The number of fused-ring (bicyclic) bond motifs is 1. The van der Waals surface area contributed by atoms with Crippen LogP contribution < -0.4 is 10.2 Å². The second kappa shape index (κ2) is 7.72. The standard InChI is InChI=1S/C20H21ClN2O2/c1-3-23(12-14-4-7-17(25-2)8-5-14)13-16-11-20(24)18-10-15(21)6-9-19(18)22-16/h4-11H,3,12-13H2,1-2H3,(H,22,24). The molecule has 1 heterocycles. The lowest BCUT2D eigenvalue weighted by Gasteiger charge is -2.21. The molecule has 0 saturated heterocycles. The number of nitrogens with one attached hydrogen (secondary N) is 1. The third-order valence-electron chi connectivity index (χ3n) is 4.25. The van der Waals surface area contributed by atoms with Crippen LogP contribution in [0.1, 0.15) is 18.2 Å². The minimum Gasteiger partial charge on any atom is -0.497 e. The highest BCUT2D eigenvalue weighted by atomic mass is 35.5. The van der Waals surface area contributed by atoms with Crippen molar-refractivity contribution in [2.45, 2.75) is 20.0 Å². The van der Waals surface area contributed by atoms with Gasteiger partial charge in [0.2, 0.25) is 0 Å². The predicted molar refractivity (Wildman–Crippen MR) is 102 cm³/mol. The van der Waals surface area contributed by atoms with Gasteiger partial charge in [-0.3, -0.25) is 9.69 Å². The summed E-state index contributed by atoms with van der Waals surface area (Å²) in [7, 11) is 1.66. The highest BCUT2D eigenvalue weighted by molar-refractivity contribution is 6.31. The molecule has 0 aliphatic carbocycles. The van der Waals surface area contributed by atoms with Gasteiger partial charge in [0.15, 0.2) is 5.43 Å². The Morgan fingerprint density at radius 1 is 1.08 bits per heavy atom. The highest BCUT2D eigenvalue weighted by Crippen LogP contribution is 2.17. The normalized spacial score (nSPS) is 11.2. The quantitative estimate of drug-likeness (QED) is 0.719. The molecule has 0 atom stereocenters. The summed E-state index contributed by atoms with van der Waals surface area (Å²) in [4.78, 5) is 18.0. The second-order valence-corrected chi connectivity index (χ2v) is 6.44. The molecule has 1 aromatic heterocycles. The first kappa shape index (κ1) is 17.5. The van der Waals surface area contributed by atoms with Crippen LogP contribution in [-0.4, -0.2) is 23.5 Å². The summed E-state index contributed by atoms with van der Waals surface area (Å²) in [6.45, 7) is 4.48. The monoisotopic (exact) mass is 356 g/mol. The molecule has 0 aliphatic heterocycles. The number of aromatic amines is 1. The number of nitrogens with zero attached hydrogens (tertiary/aromatic N) is 1. The van der Waals surface area contributed by atoms with Gasteiger partial charge < -0.3 is 9.72 Å². The number of H-pyrrole nitrogens is 1. The molecule has 25 heavy (non-hydrogen) atoms. The van der Waals surface area contributed by atoms with Gasteiger partial charge in [0.05, 0.1) is 7.11 Å². The molecule has 1 N–H and O–H groups in total. The maximum Gasteiger partial charge on any atom is 0.189 e. The average molecular weight is 357 g/mol. The van der Waals surface area contributed by atoms with E-state index in [0.29, 0.717) is 17.0 Å². The van der Waals surface area contributed by atoms with Gasteiger partial charge in [-0.25, -0.2) is 0 Å². The maximum atomic E-state index is 12.3. The number of rotatable bonds is 6. The molecule has 3 rings (SSSR count). The zero-order chi connectivity index (χ0) is 17.8. The number of ether oxygens (including phenoxy) is 1. The van der Waals surface area contributed by atoms with E-state index in [4.69, 9.17) is 16.3 Å². The summed E-state index contributed by atoms with van der Waals surface area (Å²) in [6.07, 6.45) is 0. The number of hydrogen-bond donors (Lipinski definition) is 1. The van der Waals surface area contributed by atoms with Gasteiger partial charge in [-0.2, -0.15) is 0 Å². The lowest BCUT2D eigenvalue weighted by molar-refractivity contribution is 0.268. The van der Waals surface area contributed by atoms with Crippen LogP contribution in [0.2, 0.25) is 5.02 Å². The van der Waals surface area contributed by atoms with Gasteiger partial charge in [-0.1, -0.05) is 30.7 Å². The smallest absolute Gasteiger partial charge is 0.189 e. The minimum atomic E-state index is -0.00764. The van der Waals surface area contributed by atoms with E-state index in [9.17, 15) is 4.79 Å². The van der Waals surface area contributed by atoms with Crippen molar-refractivity contribution < 1.29 is 4.74 Å². The molecule has 0 amide bonds. The fraction of sp³-hybridized carbons (Fsp3) is 0.250. The van der Waals surface area contributed by atoms with Gasteiger partial charge in [-0.05, 0) is 42.4 Å². The van der Waals surface area contributed by atoms with E-state index in [1.807, 2.05) is 18.2 Å². The first-order valence-corrected chi connectivity index (χ1v) is 8.63. The summed E-state index contributed by atoms with van der Waals surface area (Å²) in [5.74, 6) is 0.851. The molecule has 5 heteroatoms. The van der Waals surface area contributed by atoms with E-state index in [1.54, 1.807) is 25.3 Å². The number of benzene rings is 2. The Kier molecular flexibility index (Phi) is 5.41. The maximum absolute atomic E-state index is 12.3. The second-order valence-electron chi connectivity index (χ2n) is 6.00. The predicted octanol–water partition coefficient (Wildman–Crippen LogP) is 4.21. The Morgan fingerprint density at radius 2 is 1.84 bits per heavy atom. The van der Waals surface area contributed by atoms with Crippen LogP contribution in [-0.2, 0) is 13.1 Å². The Hall–Kier alpha value is -2.30. The van der Waals surface area contributed by atoms with E-state index in [0.717, 1.165) is 30.0 Å². The Labute approximate surface area is 152 Å². The molecule has 0 unspecified atom stereocenters. The third-order valence-corrected chi connectivity index (χ3v) is 4.49. The molecule has 130 valence electrons. The van der Waals surface area contributed by atoms with E-state index < -0.39 is 0 Å². The Morgan fingerprint density at radius 3 is 2.52 bits per heavy atom. The number of aromatic nitrogens is 1. The minimum absolute atomic E-state index is 0.00764. The van der Waals surface area contributed by atoms with Crippen LogP contribution in [0, 0.1) is 0 Å². The summed E-state index contributed by atoms with van der Waals surface area (Å²) in [5.41, 5.74) is 2.91. The van der Waals surface area contributed by atoms with Crippen molar-refractivity contribution in [1.29, 1.82) is 0 Å². The number of methoxy groups -OCH3 is 1. The van der Waals surface area contributed by atoms with E-state index in [-0.39, 0.29) is 5.43 Å². The Balaban J connectivity index is 1.80. The van der Waals surface area contributed by atoms with Gasteiger partial charge in [0.1, 0.15) is 5.75 Å². The molecule has 2 aromatic carbocycles. The molecule has 3 aromatic rings. The molecule has 0 fully saturated rings. The average Bonchev–Trinajstić information content (AvgIpc) is 2.62. The Bertz CT molecular complexity index is 919. The molecule has 4 nitrogen and oxygen atoms in total. The fourth-order valence-electron chi connectivity index (χ4n) is 2.87. The largest absolute Gasteiger partial charge is 0.497 e. The van der Waals surface area contributed by atoms with Crippen LogP contribution in [0.5, 0.6) is 5.75 Å². The molecule has 0 saturated carbocycles. The SMILES string of the molecule is CCN(Cc1ccc(OC)cc1)Cc1cc(=O)c2cc(Cl)ccc2[nH]1. The molecule has 0 bridgehead atoms. The highest BCUT2D eigenvalue weighted by Gasteiger charge is 2.08. The van der Waals surface area contributed by atoms with Crippen molar-refractivity contribution in [1.82, 2.24) is 9.88 Å².